The molecule has 1 saturated heterocycles. The van der Waals surface area contributed by atoms with E-state index in [1.807, 2.05) is 111 Å². The van der Waals surface area contributed by atoms with Crippen molar-refractivity contribution in [3.05, 3.63) is 125 Å². The average Bonchev–Trinajstić information content (AvgIpc) is 3.57. The summed E-state index contributed by atoms with van der Waals surface area (Å²) in [6.07, 6.45) is 1.06. The number of aliphatic hydroxyl groups excluding tert-OH is 1. The molecule has 4 aliphatic heterocycles. The number of amides is 3. The molecule has 8 rings (SSSR count). The van der Waals surface area contributed by atoms with Crippen LogP contribution in [0, 0.1) is 5.92 Å². The summed E-state index contributed by atoms with van der Waals surface area (Å²) in [6, 6.07) is 31.1. The average molecular weight is 716 g/mol. The summed E-state index contributed by atoms with van der Waals surface area (Å²) in [4.78, 5) is 59.1. The molecule has 0 saturated carbocycles. The Morgan fingerprint density at radius 1 is 0.865 bits per heavy atom. The molecule has 4 aliphatic rings. The number of benzene rings is 4. The zero-order valence-corrected chi connectivity index (χ0v) is 30.9. The second-order valence-corrected chi connectivity index (χ2v) is 19.3. The quantitative estimate of drug-likeness (QED) is 0.228. The van der Waals surface area contributed by atoms with Gasteiger partial charge in [0.1, 0.15) is 0 Å². The van der Waals surface area contributed by atoms with Gasteiger partial charge in [0, 0.05) is 35.7 Å². The van der Waals surface area contributed by atoms with E-state index in [-0.39, 0.29) is 43.3 Å². The Morgan fingerprint density at radius 3 is 2.23 bits per heavy atom. The summed E-state index contributed by atoms with van der Waals surface area (Å²) in [6.45, 7) is 6.23. The number of hydrogen-bond donors (Lipinski definition) is 2. The monoisotopic (exact) mass is 715 g/mol. The van der Waals surface area contributed by atoms with Gasteiger partial charge in [-0.3, -0.25) is 19.3 Å². The Labute approximate surface area is 305 Å². The Hall–Kier alpha value is -4.61. The van der Waals surface area contributed by atoms with Crippen LogP contribution in [0.25, 0.3) is 0 Å². The van der Waals surface area contributed by atoms with E-state index in [0.717, 1.165) is 51.3 Å². The first kappa shape index (κ1) is 34.5. The van der Waals surface area contributed by atoms with Gasteiger partial charge in [-0.25, -0.2) is 0 Å². The van der Waals surface area contributed by atoms with Crippen LogP contribution in [-0.4, -0.2) is 59.6 Å². The predicted molar refractivity (Wildman–Crippen MR) is 201 cm³/mol. The Morgan fingerprint density at radius 2 is 1.52 bits per heavy atom. The molecule has 4 aromatic rings. The van der Waals surface area contributed by atoms with Crippen LogP contribution in [-0.2, 0) is 50.7 Å². The highest BCUT2D eigenvalue weighted by atomic mass is 28.4. The van der Waals surface area contributed by atoms with Crippen LogP contribution in [0.3, 0.4) is 0 Å². The highest BCUT2D eigenvalue weighted by Crippen LogP contribution is 2.60. The van der Waals surface area contributed by atoms with Crippen molar-refractivity contribution in [2.24, 2.45) is 5.92 Å². The van der Waals surface area contributed by atoms with Crippen LogP contribution in [0.5, 0.6) is 0 Å². The fourth-order valence-electron chi connectivity index (χ4n) is 9.36. The molecule has 3 amide bonds. The van der Waals surface area contributed by atoms with E-state index >= 15 is 0 Å². The molecule has 4 heterocycles. The number of aliphatic hydroxyl groups is 1. The summed E-state index contributed by atoms with van der Waals surface area (Å²) >= 11 is 0. The van der Waals surface area contributed by atoms with E-state index < -0.39 is 31.5 Å². The van der Waals surface area contributed by atoms with Gasteiger partial charge < -0.3 is 24.4 Å². The van der Waals surface area contributed by atoms with E-state index in [2.05, 4.69) is 6.07 Å². The summed E-state index contributed by atoms with van der Waals surface area (Å²) in [5.41, 5.74) is 5.64. The number of carbonyl (C=O) groups is 3. The molecule has 2 N–H and O–H groups in total. The topological polar surface area (TPSA) is 111 Å². The number of hydrogen-bond acceptors (Lipinski definition) is 6. The van der Waals surface area contributed by atoms with Gasteiger partial charge >= 0.3 is 0 Å². The number of fused-ring (bicyclic) bond motifs is 4. The van der Waals surface area contributed by atoms with Crippen molar-refractivity contribution in [1.82, 2.24) is 4.90 Å². The van der Waals surface area contributed by atoms with Crippen LogP contribution in [0.2, 0.25) is 18.6 Å². The molecular formula is C42H45N3O6Si. The summed E-state index contributed by atoms with van der Waals surface area (Å²) in [5.74, 6) is -0.710. The van der Waals surface area contributed by atoms with E-state index in [0.29, 0.717) is 19.4 Å². The molecule has 268 valence electrons. The van der Waals surface area contributed by atoms with Crippen molar-refractivity contribution in [2.75, 3.05) is 16.4 Å². The molecule has 9 nitrogen and oxygen atoms in total. The van der Waals surface area contributed by atoms with Crippen LogP contribution in [0.4, 0.5) is 17.1 Å². The molecule has 1 spiro atoms. The maximum Gasteiger partial charge on any atom is 0.264 e. The van der Waals surface area contributed by atoms with Crippen LogP contribution < -0.4 is 9.80 Å². The molecule has 10 heteroatoms. The first-order chi connectivity index (χ1) is 25.0. The summed E-state index contributed by atoms with van der Waals surface area (Å²) < 4.78 is 6.94. The zero-order valence-electron chi connectivity index (χ0n) is 29.9. The largest absolute Gasteiger partial charge is 0.432 e. The third kappa shape index (κ3) is 5.60. The number of anilines is 3. The zero-order chi connectivity index (χ0) is 36.4. The third-order valence-corrected chi connectivity index (χ3v) is 14.3. The maximum absolute atomic E-state index is 14.9. The van der Waals surface area contributed by atoms with Crippen molar-refractivity contribution in [3.63, 3.8) is 0 Å². The van der Waals surface area contributed by atoms with Gasteiger partial charge in [-0.1, -0.05) is 79.7 Å². The SMILES string of the molecule is C[C@H]1[C@H]([Si](C)(C)O)[C@@H](CC(=O)N2Cc3ccccc3C[C@H]2CO)O[C@]12C(=O)N(Cc1ccc(N3C(=O)CCc4ccccc43)cc1)c1ccccc12. The third-order valence-electron chi connectivity index (χ3n) is 11.8. The predicted octanol–water partition coefficient (Wildman–Crippen LogP) is 5.98. The second kappa shape index (κ2) is 13.1. The number of ether oxygens (including phenoxy) is 1. The lowest BCUT2D eigenvalue weighted by atomic mass is 9.82. The molecule has 0 unspecified atom stereocenters. The lowest BCUT2D eigenvalue weighted by Crippen LogP contribution is -2.48. The normalized spacial score (nSPS) is 25.4. The minimum atomic E-state index is -2.99. The molecule has 0 aromatic heterocycles. The minimum absolute atomic E-state index is 0.00166. The Kier molecular flexibility index (Phi) is 8.69. The fraction of sp³-hybridized carbons (Fsp3) is 0.357. The first-order valence-corrected chi connectivity index (χ1v) is 21.3. The van der Waals surface area contributed by atoms with Crippen LogP contribution in [0.1, 0.15) is 47.6 Å². The molecule has 0 aliphatic carbocycles. The van der Waals surface area contributed by atoms with Gasteiger partial charge in [-0.15, -0.1) is 0 Å². The lowest BCUT2D eigenvalue weighted by molar-refractivity contribution is -0.151. The molecule has 0 bridgehead atoms. The van der Waals surface area contributed by atoms with Crippen molar-refractivity contribution < 1.29 is 29.0 Å². The van der Waals surface area contributed by atoms with Gasteiger partial charge in [-0.05, 0) is 72.5 Å². The van der Waals surface area contributed by atoms with Crippen molar-refractivity contribution in [1.29, 1.82) is 0 Å². The summed E-state index contributed by atoms with van der Waals surface area (Å²) in [5, 5.41) is 10.3. The number of rotatable bonds is 7. The van der Waals surface area contributed by atoms with Crippen molar-refractivity contribution >= 4 is 43.1 Å². The standard InChI is InChI=1S/C42H45N3O6Si/c1-27-40(52(2,3)50)37(23-39(48)43-25-31-12-5-4-11-30(31)22-33(43)26-46)51-42(27)34-13-7-9-15-36(34)44(41(42)49)24-28-16-19-32(20-17-28)45-35-14-8-6-10-29(35)18-21-38(45)47/h4-17,19-20,27,33,37,40,46,50H,18,21-26H2,1-3H3/t27-,33-,37+,40-,42+/m0/s1. The van der Waals surface area contributed by atoms with Gasteiger partial charge in [0.2, 0.25) is 11.8 Å². The molecule has 5 atom stereocenters. The van der Waals surface area contributed by atoms with Crippen molar-refractivity contribution in [3.8, 4) is 0 Å². The molecule has 0 radical (unpaired) electrons. The van der Waals surface area contributed by atoms with E-state index in [9.17, 15) is 24.3 Å². The first-order valence-electron chi connectivity index (χ1n) is 18.3. The lowest BCUT2D eigenvalue weighted by Gasteiger charge is -2.37. The minimum Gasteiger partial charge on any atom is -0.432 e. The van der Waals surface area contributed by atoms with Crippen LogP contribution >= 0.6 is 0 Å². The molecule has 1 fully saturated rings. The van der Waals surface area contributed by atoms with Gasteiger partial charge in [0.15, 0.2) is 13.9 Å². The highest BCUT2D eigenvalue weighted by molar-refractivity contribution is 6.71. The van der Waals surface area contributed by atoms with E-state index in [4.69, 9.17) is 4.74 Å². The fourth-order valence-corrected chi connectivity index (χ4v) is 11.9. The number of carbonyl (C=O) groups excluding carboxylic acids is 3. The Bertz CT molecular complexity index is 2050. The number of para-hydroxylation sites is 2. The van der Waals surface area contributed by atoms with Crippen molar-refractivity contribution in [2.45, 2.75) is 82.1 Å². The molecule has 52 heavy (non-hydrogen) atoms. The van der Waals surface area contributed by atoms with Gasteiger partial charge in [0.25, 0.3) is 5.91 Å². The maximum atomic E-state index is 14.9. The summed E-state index contributed by atoms with van der Waals surface area (Å²) in [7, 11) is -2.99. The van der Waals surface area contributed by atoms with Crippen LogP contribution in [0.15, 0.2) is 97.1 Å². The van der Waals surface area contributed by atoms with E-state index in [1.54, 1.807) is 14.7 Å². The number of aryl methyl sites for hydroxylation is 1. The van der Waals surface area contributed by atoms with Gasteiger partial charge in [-0.2, -0.15) is 0 Å². The highest BCUT2D eigenvalue weighted by Gasteiger charge is 2.66. The molecular weight excluding hydrogens is 671 g/mol. The van der Waals surface area contributed by atoms with E-state index in [1.165, 1.54) is 0 Å². The number of nitrogens with zero attached hydrogens (tertiary/aromatic N) is 3. The smallest absolute Gasteiger partial charge is 0.264 e. The Balaban J connectivity index is 1.08. The van der Waals surface area contributed by atoms with Gasteiger partial charge in [0.05, 0.1) is 43.1 Å². The molecule has 4 aromatic carbocycles. The second-order valence-electron chi connectivity index (χ2n) is 15.3.